The minimum absolute atomic E-state index is 0.00547. The molecule has 0 unspecified atom stereocenters. The summed E-state index contributed by atoms with van der Waals surface area (Å²) in [5.41, 5.74) is 1.70. The standard InChI is InChI=1S/C19H27NO3S2/c1-12(2)23-19(22)17-14-9-5-6-10-15(14)25-18(17)20-16(21)11-24-13-7-3-4-8-13/h12-13H,3-11H2,1-2H3,(H,20,21). The fourth-order valence-electron chi connectivity index (χ4n) is 3.55. The Labute approximate surface area is 158 Å². The maximum Gasteiger partial charge on any atom is 0.341 e. The number of hydrogen-bond donors (Lipinski definition) is 1. The Morgan fingerprint density at radius 3 is 2.64 bits per heavy atom. The molecule has 1 fully saturated rings. The highest BCUT2D eigenvalue weighted by molar-refractivity contribution is 8.00. The number of fused-ring (bicyclic) bond motifs is 1. The maximum atomic E-state index is 12.6. The Morgan fingerprint density at radius 2 is 1.92 bits per heavy atom. The summed E-state index contributed by atoms with van der Waals surface area (Å²) < 4.78 is 5.44. The van der Waals surface area contributed by atoms with Crippen LogP contribution in [0, 0.1) is 0 Å². The molecule has 0 aliphatic heterocycles. The van der Waals surface area contributed by atoms with Crippen LogP contribution in [0.2, 0.25) is 0 Å². The van der Waals surface area contributed by atoms with Gasteiger partial charge in [0, 0.05) is 10.1 Å². The topological polar surface area (TPSA) is 55.4 Å². The van der Waals surface area contributed by atoms with Gasteiger partial charge in [-0.05, 0) is 57.9 Å². The summed E-state index contributed by atoms with van der Waals surface area (Å²) in [6.45, 7) is 3.71. The lowest BCUT2D eigenvalue weighted by molar-refractivity contribution is -0.113. The minimum atomic E-state index is -0.298. The first-order chi connectivity index (χ1) is 12.0. The van der Waals surface area contributed by atoms with Crippen molar-refractivity contribution in [1.82, 2.24) is 0 Å². The maximum absolute atomic E-state index is 12.6. The van der Waals surface area contributed by atoms with Gasteiger partial charge in [0.15, 0.2) is 0 Å². The molecule has 3 rings (SSSR count). The van der Waals surface area contributed by atoms with Crippen molar-refractivity contribution in [2.75, 3.05) is 11.1 Å². The van der Waals surface area contributed by atoms with Crippen LogP contribution in [-0.4, -0.2) is 29.0 Å². The van der Waals surface area contributed by atoms with Crippen molar-refractivity contribution in [2.45, 2.75) is 76.6 Å². The summed E-state index contributed by atoms with van der Waals surface area (Å²) >= 11 is 3.31. The molecule has 25 heavy (non-hydrogen) atoms. The Kier molecular flexibility index (Phi) is 6.44. The van der Waals surface area contributed by atoms with Crippen LogP contribution in [0.25, 0.3) is 0 Å². The van der Waals surface area contributed by atoms with E-state index in [-0.39, 0.29) is 18.0 Å². The van der Waals surface area contributed by atoms with E-state index in [1.54, 1.807) is 23.1 Å². The molecule has 1 amide bonds. The van der Waals surface area contributed by atoms with Crippen molar-refractivity contribution in [3.63, 3.8) is 0 Å². The number of rotatable bonds is 6. The van der Waals surface area contributed by atoms with Crippen LogP contribution in [0.4, 0.5) is 5.00 Å². The molecule has 1 heterocycles. The van der Waals surface area contributed by atoms with Crippen molar-refractivity contribution >= 4 is 40.0 Å². The van der Waals surface area contributed by atoms with Gasteiger partial charge in [-0.3, -0.25) is 4.79 Å². The predicted molar refractivity (Wildman–Crippen MR) is 105 cm³/mol. The van der Waals surface area contributed by atoms with E-state index in [4.69, 9.17) is 4.74 Å². The third kappa shape index (κ3) is 4.79. The molecule has 4 nitrogen and oxygen atoms in total. The van der Waals surface area contributed by atoms with Gasteiger partial charge in [-0.25, -0.2) is 4.79 Å². The van der Waals surface area contributed by atoms with Gasteiger partial charge < -0.3 is 10.1 Å². The third-order valence-corrected chi connectivity index (χ3v) is 7.30. The summed E-state index contributed by atoms with van der Waals surface area (Å²) in [5, 5.41) is 4.31. The number of anilines is 1. The Bertz CT molecular complexity index is 633. The molecule has 0 aromatic carbocycles. The van der Waals surface area contributed by atoms with Gasteiger partial charge >= 0.3 is 5.97 Å². The molecule has 2 aliphatic rings. The second-order valence-electron chi connectivity index (χ2n) is 7.13. The SMILES string of the molecule is CC(C)OC(=O)c1c(NC(=O)CSC2CCCC2)sc2c1CCCC2. The first-order valence-corrected chi connectivity index (χ1v) is 11.2. The molecule has 6 heteroatoms. The monoisotopic (exact) mass is 381 g/mol. The van der Waals surface area contributed by atoms with Crippen molar-refractivity contribution < 1.29 is 14.3 Å². The average Bonchev–Trinajstić information content (AvgIpc) is 3.19. The number of amides is 1. The molecule has 0 atom stereocenters. The zero-order chi connectivity index (χ0) is 17.8. The smallest absolute Gasteiger partial charge is 0.341 e. The van der Waals surface area contributed by atoms with Gasteiger partial charge in [-0.15, -0.1) is 23.1 Å². The van der Waals surface area contributed by atoms with Gasteiger partial charge in [0.25, 0.3) is 0 Å². The number of thioether (sulfide) groups is 1. The first kappa shape index (κ1) is 18.8. The van der Waals surface area contributed by atoms with E-state index in [9.17, 15) is 9.59 Å². The lowest BCUT2D eigenvalue weighted by atomic mass is 9.95. The van der Waals surface area contributed by atoms with Gasteiger partial charge in [0.05, 0.1) is 17.4 Å². The largest absolute Gasteiger partial charge is 0.459 e. The van der Waals surface area contributed by atoms with E-state index in [2.05, 4.69) is 5.32 Å². The zero-order valence-electron chi connectivity index (χ0n) is 15.1. The van der Waals surface area contributed by atoms with E-state index >= 15 is 0 Å². The number of hydrogen-bond acceptors (Lipinski definition) is 5. The highest BCUT2D eigenvalue weighted by atomic mass is 32.2. The van der Waals surface area contributed by atoms with Crippen LogP contribution in [-0.2, 0) is 22.4 Å². The lowest BCUT2D eigenvalue weighted by Crippen LogP contribution is -2.19. The van der Waals surface area contributed by atoms with E-state index < -0.39 is 0 Å². The van der Waals surface area contributed by atoms with Crippen molar-refractivity contribution in [3.8, 4) is 0 Å². The molecule has 1 aromatic heterocycles. The number of ether oxygens (including phenoxy) is 1. The number of nitrogens with one attached hydrogen (secondary N) is 1. The van der Waals surface area contributed by atoms with E-state index in [1.807, 2.05) is 13.8 Å². The van der Waals surface area contributed by atoms with Crippen LogP contribution in [0.3, 0.4) is 0 Å². The van der Waals surface area contributed by atoms with Gasteiger partial charge in [-0.2, -0.15) is 0 Å². The average molecular weight is 382 g/mol. The zero-order valence-corrected chi connectivity index (χ0v) is 16.7. The molecule has 1 saturated carbocycles. The summed E-state index contributed by atoms with van der Waals surface area (Å²) in [5.74, 6) is 0.161. The highest BCUT2D eigenvalue weighted by Crippen LogP contribution is 2.39. The predicted octanol–water partition coefficient (Wildman–Crippen LogP) is 4.81. The minimum Gasteiger partial charge on any atom is -0.459 e. The Morgan fingerprint density at radius 1 is 1.20 bits per heavy atom. The van der Waals surface area contributed by atoms with Crippen molar-refractivity contribution in [3.05, 3.63) is 16.0 Å². The summed E-state index contributed by atoms with van der Waals surface area (Å²) in [6.07, 6.45) is 8.98. The highest BCUT2D eigenvalue weighted by Gasteiger charge is 2.28. The summed E-state index contributed by atoms with van der Waals surface area (Å²) in [4.78, 5) is 26.2. The molecular formula is C19H27NO3S2. The normalized spacial score (nSPS) is 17.6. The lowest BCUT2D eigenvalue weighted by Gasteiger charge is -2.14. The van der Waals surface area contributed by atoms with Gasteiger partial charge in [0.1, 0.15) is 5.00 Å². The number of aryl methyl sites for hydroxylation is 1. The fourth-order valence-corrected chi connectivity index (χ4v) is 5.97. The van der Waals surface area contributed by atoms with E-state index in [0.29, 0.717) is 21.6 Å². The number of esters is 1. The van der Waals surface area contributed by atoms with E-state index in [0.717, 1.165) is 31.2 Å². The van der Waals surface area contributed by atoms with Crippen LogP contribution < -0.4 is 5.32 Å². The third-order valence-electron chi connectivity index (χ3n) is 4.72. The molecule has 138 valence electrons. The Balaban J connectivity index is 1.71. The van der Waals surface area contributed by atoms with Crippen LogP contribution in [0.1, 0.15) is 73.2 Å². The summed E-state index contributed by atoms with van der Waals surface area (Å²) in [7, 11) is 0. The second-order valence-corrected chi connectivity index (χ2v) is 9.53. The van der Waals surface area contributed by atoms with E-state index in [1.165, 1.54) is 30.6 Å². The van der Waals surface area contributed by atoms with Gasteiger partial charge in [-0.1, -0.05) is 12.8 Å². The molecule has 0 radical (unpaired) electrons. The van der Waals surface area contributed by atoms with Crippen molar-refractivity contribution in [1.29, 1.82) is 0 Å². The van der Waals surface area contributed by atoms with Crippen LogP contribution in [0.15, 0.2) is 0 Å². The van der Waals surface area contributed by atoms with Crippen LogP contribution >= 0.6 is 23.1 Å². The first-order valence-electron chi connectivity index (χ1n) is 9.31. The fraction of sp³-hybridized carbons (Fsp3) is 0.684. The molecule has 0 bridgehead atoms. The number of carbonyl (C=O) groups is 2. The molecule has 0 saturated heterocycles. The quantitative estimate of drug-likeness (QED) is 0.719. The molecule has 2 aliphatic carbocycles. The molecule has 1 N–H and O–H groups in total. The number of carbonyl (C=O) groups excluding carboxylic acids is 2. The molecular weight excluding hydrogens is 354 g/mol. The number of thiophene rings is 1. The van der Waals surface area contributed by atoms with Crippen molar-refractivity contribution in [2.24, 2.45) is 0 Å². The van der Waals surface area contributed by atoms with Crippen LogP contribution in [0.5, 0.6) is 0 Å². The molecule has 1 aromatic rings. The molecule has 0 spiro atoms. The Hall–Kier alpha value is -1.01. The second kappa shape index (κ2) is 8.58. The summed E-state index contributed by atoms with van der Waals surface area (Å²) in [6, 6.07) is 0. The van der Waals surface area contributed by atoms with Gasteiger partial charge in [0.2, 0.25) is 5.91 Å².